The number of alkyl halides is 9. The smallest absolute Gasteiger partial charge is 0.170 e. The second kappa shape index (κ2) is 5.78. The molecule has 0 atom stereocenters. The van der Waals surface area contributed by atoms with E-state index in [1.807, 2.05) is 0 Å². The molecule has 0 aliphatic rings. The normalized spacial score (nSPS) is 14.8. The molecule has 0 aliphatic carbocycles. The molecule has 0 bridgehead atoms. The molecule has 9 heteroatoms. The third kappa shape index (κ3) is 3.68. The molecule has 0 spiro atoms. The minimum atomic E-state index is -6.42. The Bertz CT molecular complexity index is 234. The zero-order valence-electron chi connectivity index (χ0n) is 9.94. The molecule has 0 saturated heterocycles. The third-order valence-electron chi connectivity index (χ3n) is 2.86. The molecule has 0 heterocycles. The maximum absolute atomic E-state index is 12.4. The van der Waals surface area contributed by atoms with Gasteiger partial charge < -0.3 is 0 Å². The van der Waals surface area contributed by atoms with Gasteiger partial charge in [0.05, 0.1) is 0 Å². The van der Waals surface area contributed by atoms with Crippen LogP contribution in [0.1, 0.15) is 39.0 Å². The Balaban J connectivity index is 5.44. The van der Waals surface area contributed by atoms with E-state index in [1.54, 1.807) is 6.92 Å². The predicted octanol–water partition coefficient (Wildman–Crippen LogP) is 5.63. The minimum Gasteiger partial charge on any atom is -0.170 e. The van der Waals surface area contributed by atoms with Crippen molar-refractivity contribution in [1.29, 1.82) is 0 Å². The van der Waals surface area contributed by atoms with Crippen molar-refractivity contribution in [3.05, 3.63) is 0 Å². The fraction of sp³-hybridized carbons (Fsp3) is 1.00. The summed E-state index contributed by atoms with van der Waals surface area (Å²) < 4.78 is 112. The van der Waals surface area contributed by atoms with Crippen molar-refractivity contribution in [3.8, 4) is 0 Å². The molecule has 0 amide bonds. The lowest BCUT2D eigenvalue weighted by atomic mass is 9.80. The first-order valence-electron chi connectivity index (χ1n) is 5.51. The van der Waals surface area contributed by atoms with Crippen LogP contribution in [-0.2, 0) is 0 Å². The lowest BCUT2D eigenvalue weighted by molar-refractivity contribution is -0.429. The molecule has 19 heavy (non-hydrogen) atoms. The Morgan fingerprint density at radius 3 is 1.21 bits per heavy atom. The van der Waals surface area contributed by atoms with Gasteiger partial charge in [0, 0.05) is 0 Å². The van der Waals surface area contributed by atoms with Crippen LogP contribution in [0.4, 0.5) is 39.5 Å². The summed E-state index contributed by atoms with van der Waals surface area (Å²) in [6.45, 7) is 1.63. The van der Waals surface area contributed by atoms with Gasteiger partial charge in [0.25, 0.3) is 5.41 Å². The van der Waals surface area contributed by atoms with Crippen molar-refractivity contribution < 1.29 is 39.5 Å². The molecule has 0 N–H and O–H groups in total. The van der Waals surface area contributed by atoms with Gasteiger partial charge in [-0.1, -0.05) is 32.6 Å². The van der Waals surface area contributed by atoms with Gasteiger partial charge in [-0.2, -0.15) is 39.5 Å². The van der Waals surface area contributed by atoms with Gasteiger partial charge in [0.2, 0.25) is 0 Å². The summed E-state index contributed by atoms with van der Waals surface area (Å²) in [6, 6.07) is 0. The maximum Gasteiger partial charge on any atom is 0.412 e. The number of unbranched alkanes of at least 4 members (excludes halogenated alkanes) is 3. The number of hydrogen-bond acceptors (Lipinski definition) is 0. The predicted molar refractivity (Wildman–Crippen MR) is 49.4 cm³/mol. The van der Waals surface area contributed by atoms with Crippen LogP contribution in [0.25, 0.3) is 0 Å². The molecule has 0 radical (unpaired) electrons. The van der Waals surface area contributed by atoms with E-state index in [4.69, 9.17) is 0 Å². The standard InChI is InChI=1S/C10H13F9/c1-2-3-4-5-6-7(8(11,12)13,9(14,15)16)10(17,18)19/h2-6H2,1H3. The van der Waals surface area contributed by atoms with Gasteiger partial charge in [-0.25, -0.2) is 0 Å². The Hall–Kier alpha value is -0.630. The van der Waals surface area contributed by atoms with Gasteiger partial charge in [0.15, 0.2) is 0 Å². The van der Waals surface area contributed by atoms with Gasteiger partial charge in [-0.3, -0.25) is 0 Å². The summed E-state index contributed by atoms with van der Waals surface area (Å²) in [5.74, 6) is 0. The van der Waals surface area contributed by atoms with Gasteiger partial charge in [-0.05, 0) is 6.42 Å². The maximum atomic E-state index is 12.4. The van der Waals surface area contributed by atoms with E-state index < -0.39 is 36.8 Å². The van der Waals surface area contributed by atoms with Crippen LogP contribution >= 0.6 is 0 Å². The highest BCUT2D eigenvalue weighted by molar-refractivity contribution is 4.99. The van der Waals surface area contributed by atoms with Crippen LogP contribution in [-0.4, -0.2) is 18.5 Å². The summed E-state index contributed by atoms with van der Waals surface area (Å²) in [5, 5.41) is 0. The first-order chi connectivity index (χ1) is 8.31. The summed E-state index contributed by atoms with van der Waals surface area (Å²) in [7, 11) is 0. The highest BCUT2D eigenvalue weighted by atomic mass is 19.4. The molecule has 0 aliphatic heterocycles. The summed E-state index contributed by atoms with van der Waals surface area (Å²) in [4.78, 5) is 0. The Kier molecular flexibility index (Phi) is 5.59. The van der Waals surface area contributed by atoms with Crippen LogP contribution in [0.15, 0.2) is 0 Å². The fourth-order valence-corrected chi connectivity index (χ4v) is 1.72. The van der Waals surface area contributed by atoms with E-state index >= 15 is 0 Å². The van der Waals surface area contributed by atoms with Crippen LogP contribution in [0.3, 0.4) is 0 Å². The second-order valence-electron chi connectivity index (χ2n) is 4.21. The molecule has 0 fully saturated rings. The second-order valence-corrected chi connectivity index (χ2v) is 4.21. The molecule has 0 aromatic rings. The van der Waals surface area contributed by atoms with Crippen molar-refractivity contribution in [2.45, 2.75) is 57.6 Å². The minimum absolute atomic E-state index is 0.111. The van der Waals surface area contributed by atoms with E-state index in [0.717, 1.165) is 0 Å². The van der Waals surface area contributed by atoms with E-state index in [1.165, 1.54) is 0 Å². The first kappa shape index (κ1) is 18.4. The molecule has 0 aromatic heterocycles. The van der Waals surface area contributed by atoms with Gasteiger partial charge >= 0.3 is 18.5 Å². The highest BCUT2D eigenvalue weighted by Gasteiger charge is 2.82. The Morgan fingerprint density at radius 1 is 0.579 bits per heavy atom. The zero-order valence-corrected chi connectivity index (χ0v) is 9.94. The fourth-order valence-electron chi connectivity index (χ4n) is 1.72. The summed E-state index contributed by atoms with van der Waals surface area (Å²) >= 11 is 0. The topological polar surface area (TPSA) is 0 Å². The molecule has 0 aromatic carbocycles. The SMILES string of the molecule is CCCCCCC(C(F)(F)F)(C(F)(F)F)C(F)(F)F. The molecule has 0 rings (SSSR count). The largest absolute Gasteiger partial charge is 0.412 e. The molecular formula is C10H13F9. The van der Waals surface area contributed by atoms with Gasteiger partial charge in [0.1, 0.15) is 0 Å². The first-order valence-corrected chi connectivity index (χ1v) is 5.51. The number of hydrogen-bond donors (Lipinski definition) is 0. The van der Waals surface area contributed by atoms with E-state index in [9.17, 15) is 39.5 Å². The lowest BCUT2D eigenvalue weighted by Crippen LogP contribution is -2.59. The van der Waals surface area contributed by atoms with Crippen molar-refractivity contribution in [2.75, 3.05) is 0 Å². The van der Waals surface area contributed by atoms with Crippen molar-refractivity contribution in [1.82, 2.24) is 0 Å². The lowest BCUT2D eigenvalue weighted by Gasteiger charge is -2.38. The molecule has 0 nitrogen and oxygen atoms in total. The summed E-state index contributed by atoms with van der Waals surface area (Å²) in [6.07, 6.45) is -21.4. The molecular weight excluding hydrogens is 291 g/mol. The molecule has 116 valence electrons. The Labute approximate surface area is 104 Å². The zero-order chi connectivity index (χ0) is 15.5. The summed E-state index contributed by atoms with van der Waals surface area (Å²) in [5.41, 5.74) is -5.64. The van der Waals surface area contributed by atoms with Crippen molar-refractivity contribution in [2.24, 2.45) is 5.41 Å². The van der Waals surface area contributed by atoms with E-state index in [0.29, 0.717) is 6.42 Å². The van der Waals surface area contributed by atoms with Crippen LogP contribution in [0, 0.1) is 5.41 Å². The Morgan fingerprint density at radius 2 is 0.947 bits per heavy atom. The number of rotatable bonds is 5. The van der Waals surface area contributed by atoms with Crippen LogP contribution in [0.2, 0.25) is 0 Å². The highest BCUT2D eigenvalue weighted by Crippen LogP contribution is 2.61. The van der Waals surface area contributed by atoms with Crippen molar-refractivity contribution in [3.63, 3.8) is 0 Å². The molecule has 0 unspecified atom stereocenters. The van der Waals surface area contributed by atoms with Crippen molar-refractivity contribution >= 4 is 0 Å². The van der Waals surface area contributed by atoms with Crippen LogP contribution < -0.4 is 0 Å². The monoisotopic (exact) mass is 304 g/mol. The third-order valence-corrected chi connectivity index (χ3v) is 2.86. The van der Waals surface area contributed by atoms with Gasteiger partial charge in [-0.15, -0.1) is 0 Å². The quantitative estimate of drug-likeness (QED) is 0.456. The van der Waals surface area contributed by atoms with E-state index in [2.05, 4.69) is 0 Å². The van der Waals surface area contributed by atoms with Crippen LogP contribution in [0.5, 0.6) is 0 Å². The average molecular weight is 304 g/mol. The molecule has 0 saturated carbocycles. The average Bonchev–Trinajstić information content (AvgIpc) is 2.10. The van der Waals surface area contributed by atoms with E-state index in [-0.39, 0.29) is 12.8 Å². The number of halogens is 9.